The van der Waals surface area contributed by atoms with E-state index in [4.69, 9.17) is 0 Å². The number of hydrogen-bond donors (Lipinski definition) is 0. The second kappa shape index (κ2) is 5.44. The minimum atomic E-state index is -0.394. The van der Waals surface area contributed by atoms with Crippen LogP contribution in [-0.2, 0) is 0 Å². The molecule has 1 aromatic carbocycles. The quantitative estimate of drug-likeness (QED) is 0.606. The number of carbonyl (C=O) groups is 1. The van der Waals surface area contributed by atoms with Crippen LogP contribution in [0.25, 0.3) is 0 Å². The van der Waals surface area contributed by atoms with Crippen LogP contribution in [0.5, 0.6) is 0 Å². The lowest BCUT2D eigenvalue weighted by atomic mass is 9.89. The molecule has 1 aliphatic rings. The van der Waals surface area contributed by atoms with Crippen molar-refractivity contribution in [2.24, 2.45) is 5.92 Å². The molecule has 92 valence electrons. The van der Waals surface area contributed by atoms with Crippen LogP contribution < -0.4 is 0 Å². The van der Waals surface area contributed by atoms with Crippen molar-refractivity contribution in [2.45, 2.75) is 12.8 Å². The van der Waals surface area contributed by atoms with Gasteiger partial charge >= 0.3 is 0 Å². The van der Waals surface area contributed by atoms with E-state index in [-0.39, 0.29) is 17.3 Å². The maximum absolute atomic E-state index is 13.6. The van der Waals surface area contributed by atoms with E-state index in [1.807, 2.05) is 7.05 Å². The monoisotopic (exact) mass is 347 g/mol. The van der Waals surface area contributed by atoms with Gasteiger partial charge in [0.05, 0.1) is 5.56 Å². The lowest BCUT2D eigenvalue weighted by Crippen LogP contribution is -2.33. The Labute approximate surface area is 114 Å². The molecule has 1 heterocycles. The Kier molecular flexibility index (Phi) is 4.14. The van der Waals surface area contributed by atoms with Crippen LogP contribution in [0.3, 0.4) is 0 Å². The van der Waals surface area contributed by atoms with Gasteiger partial charge in [-0.25, -0.2) is 4.39 Å². The summed E-state index contributed by atoms with van der Waals surface area (Å²) in [7, 11) is 2.05. The van der Waals surface area contributed by atoms with Crippen molar-refractivity contribution >= 4 is 28.4 Å². The number of hydrogen-bond acceptors (Lipinski definition) is 2. The average molecular weight is 347 g/mol. The van der Waals surface area contributed by atoms with Crippen LogP contribution in [0, 0.1) is 15.3 Å². The fourth-order valence-corrected chi connectivity index (χ4v) is 2.67. The van der Waals surface area contributed by atoms with Gasteiger partial charge in [0.25, 0.3) is 0 Å². The molecule has 0 saturated carbocycles. The SMILES string of the molecule is CN1CCC(C(=O)c2cc(I)ccc2F)CC1. The summed E-state index contributed by atoms with van der Waals surface area (Å²) in [6, 6.07) is 4.71. The third-order valence-electron chi connectivity index (χ3n) is 3.28. The van der Waals surface area contributed by atoms with Gasteiger partial charge in [-0.05, 0) is 73.8 Å². The molecule has 0 N–H and O–H groups in total. The summed E-state index contributed by atoms with van der Waals surface area (Å²) in [5, 5.41) is 0. The maximum Gasteiger partial charge on any atom is 0.169 e. The van der Waals surface area contributed by atoms with Crippen molar-refractivity contribution in [1.29, 1.82) is 0 Å². The summed E-state index contributed by atoms with van der Waals surface area (Å²) in [5.41, 5.74) is 0.256. The van der Waals surface area contributed by atoms with Crippen molar-refractivity contribution in [3.05, 3.63) is 33.1 Å². The van der Waals surface area contributed by atoms with Gasteiger partial charge in [0, 0.05) is 9.49 Å². The number of carbonyl (C=O) groups excluding carboxylic acids is 1. The zero-order valence-electron chi connectivity index (χ0n) is 9.75. The third kappa shape index (κ3) is 3.04. The van der Waals surface area contributed by atoms with Crippen LogP contribution in [0.4, 0.5) is 4.39 Å². The number of likely N-dealkylation sites (tertiary alicyclic amines) is 1. The first-order valence-electron chi connectivity index (χ1n) is 5.75. The molecule has 0 amide bonds. The molecule has 0 aromatic heterocycles. The number of benzene rings is 1. The first kappa shape index (κ1) is 13.0. The molecule has 0 bridgehead atoms. The minimum Gasteiger partial charge on any atom is -0.306 e. The number of Topliss-reactive ketones (excluding diaryl/α,β-unsaturated/α-hetero) is 1. The molecule has 2 nitrogen and oxygen atoms in total. The molecular weight excluding hydrogens is 332 g/mol. The molecule has 1 saturated heterocycles. The summed E-state index contributed by atoms with van der Waals surface area (Å²) in [6.07, 6.45) is 1.67. The van der Waals surface area contributed by atoms with Crippen LogP contribution in [0.15, 0.2) is 18.2 Å². The van der Waals surface area contributed by atoms with E-state index >= 15 is 0 Å². The normalized spacial score (nSPS) is 18.3. The van der Waals surface area contributed by atoms with Gasteiger partial charge in [0.1, 0.15) is 5.82 Å². The van der Waals surface area contributed by atoms with Crippen molar-refractivity contribution in [1.82, 2.24) is 4.90 Å². The molecule has 0 aliphatic carbocycles. The molecule has 0 atom stereocenters. The van der Waals surface area contributed by atoms with Gasteiger partial charge in [-0.2, -0.15) is 0 Å². The summed E-state index contributed by atoms with van der Waals surface area (Å²) >= 11 is 2.10. The Morgan fingerprint density at radius 1 is 1.41 bits per heavy atom. The Morgan fingerprint density at radius 3 is 2.71 bits per heavy atom. The zero-order chi connectivity index (χ0) is 12.4. The van der Waals surface area contributed by atoms with E-state index in [1.54, 1.807) is 12.1 Å². The fourth-order valence-electron chi connectivity index (χ4n) is 2.18. The highest BCUT2D eigenvalue weighted by Gasteiger charge is 2.26. The largest absolute Gasteiger partial charge is 0.306 e. The van der Waals surface area contributed by atoms with Crippen molar-refractivity contribution in [3.8, 4) is 0 Å². The van der Waals surface area contributed by atoms with Gasteiger partial charge in [-0.1, -0.05) is 0 Å². The van der Waals surface area contributed by atoms with E-state index in [1.165, 1.54) is 6.07 Å². The van der Waals surface area contributed by atoms with Crippen molar-refractivity contribution in [3.63, 3.8) is 0 Å². The molecular formula is C13H15FINO. The van der Waals surface area contributed by atoms with Gasteiger partial charge in [-0.15, -0.1) is 0 Å². The first-order valence-corrected chi connectivity index (χ1v) is 6.83. The highest BCUT2D eigenvalue weighted by atomic mass is 127. The summed E-state index contributed by atoms with van der Waals surface area (Å²) in [4.78, 5) is 14.4. The molecule has 1 aliphatic heterocycles. The second-order valence-corrected chi connectivity index (χ2v) is 5.81. The lowest BCUT2D eigenvalue weighted by molar-refractivity contribution is 0.0852. The lowest BCUT2D eigenvalue weighted by Gasteiger charge is -2.28. The van der Waals surface area contributed by atoms with Gasteiger partial charge in [0.2, 0.25) is 0 Å². The highest BCUT2D eigenvalue weighted by molar-refractivity contribution is 14.1. The zero-order valence-corrected chi connectivity index (χ0v) is 11.9. The molecule has 4 heteroatoms. The molecule has 2 rings (SSSR count). The standard InChI is InChI=1S/C13H15FINO/c1-16-6-4-9(5-7-16)13(17)11-8-10(15)2-3-12(11)14/h2-3,8-9H,4-7H2,1H3. The van der Waals surface area contributed by atoms with E-state index in [2.05, 4.69) is 27.5 Å². The predicted molar refractivity (Wildman–Crippen MR) is 73.7 cm³/mol. The van der Waals surface area contributed by atoms with Crippen LogP contribution >= 0.6 is 22.6 Å². The third-order valence-corrected chi connectivity index (χ3v) is 3.95. The number of piperidine rings is 1. The van der Waals surface area contributed by atoms with E-state index in [0.717, 1.165) is 29.5 Å². The smallest absolute Gasteiger partial charge is 0.169 e. The average Bonchev–Trinajstić information content (AvgIpc) is 2.32. The highest BCUT2D eigenvalue weighted by Crippen LogP contribution is 2.23. The molecule has 0 spiro atoms. The molecule has 0 unspecified atom stereocenters. The van der Waals surface area contributed by atoms with Crippen LogP contribution in [0.1, 0.15) is 23.2 Å². The molecule has 0 radical (unpaired) electrons. The summed E-state index contributed by atoms with van der Waals surface area (Å²) in [6.45, 7) is 1.84. The maximum atomic E-state index is 13.6. The van der Waals surface area contributed by atoms with Gasteiger partial charge in [0.15, 0.2) is 5.78 Å². The second-order valence-electron chi connectivity index (χ2n) is 4.57. The van der Waals surface area contributed by atoms with Crippen LogP contribution in [0.2, 0.25) is 0 Å². The number of rotatable bonds is 2. The summed E-state index contributed by atoms with van der Waals surface area (Å²) < 4.78 is 14.5. The van der Waals surface area contributed by atoms with E-state index in [9.17, 15) is 9.18 Å². The minimum absolute atomic E-state index is 0.0149. The Hall–Kier alpha value is -0.490. The number of ketones is 1. The van der Waals surface area contributed by atoms with Crippen LogP contribution in [-0.4, -0.2) is 30.8 Å². The number of nitrogens with zero attached hydrogens (tertiary/aromatic N) is 1. The van der Waals surface area contributed by atoms with E-state index in [0.29, 0.717) is 0 Å². The fraction of sp³-hybridized carbons (Fsp3) is 0.462. The molecule has 1 aromatic rings. The molecule has 1 fully saturated rings. The Bertz CT molecular complexity index is 427. The predicted octanol–water partition coefficient (Wildman–Crippen LogP) is 2.95. The number of halogens is 2. The first-order chi connectivity index (χ1) is 8.08. The Morgan fingerprint density at radius 2 is 2.06 bits per heavy atom. The Balaban J connectivity index is 2.16. The van der Waals surface area contributed by atoms with Gasteiger partial charge < -0.3 is 4.90 Å². The van der Waals surface area contributed by atoms with Crippen molar-refractivity contribution in [2.75, 3.05) is 20.1 Å². The molecule has 17 heavy (non-hydrogen) atoms. The summed E-state index contributed by atoms with van der Waals surface area (Å²) in [5.74, 6) is -0.442. The van der Waals surface area contributed by atoms with Gasteiger partial charge in [-0.3, -0.25) is 4.79 Å². The van der Waals surface area contributed by atoms with Crippen molar-refractivity contribution < 1.29 is 9.18 Å². The topological polar surface area (TPSA) is 20.3 Å². The van der Waals surface area contributed by atoms with E-state index < -0.39 is 5.82 Å².